The third-order valence-corrected chi connectivity index (χ3v) is 8.21. The lowest BCUT2D eigenvalue weighted by atomic mass is 10.1. The van der Waals surface area contributed by atoms with Crippen LogP contribution in [0.3, 0.4) is 0 Å². The average Bonchev–Trinajstić information content (AvgIpc) is 2.47. The molecule has 0 spiro atoms. The normalized spacial score (nSPS) is 12.6. The second-order valence-electron chi connectivity index (χ2n) is 7.13. The van der Waals surface area contributed by atoms with Gasteiger partial charge in [0.05, 0.1) is 0 Å². The molecule has 0 aliphatic heterocycles. The van der Waals surface area contributed by atoms with Crippen molar-refractivity contribution in [1.29, 1.82) is 0 Å². The summed E-state index contributed by atoms with van der Waals surface area (Å²) >= 11 is 0. The Bertz CT molecular complexity index is 298. The van der Waals surface area contributed by atoms with Crippen molar-refractivity contribution in [2.75, 3.05) is 48.8 Å². The molecule has 0 fully saturated rings. The highest BCUT2D eigenvalue weighted by Crippen LogP contribution is 2.54. The van der Waals surface area contributed by atoms with Gasteiger partial charge in [-0.1, -0.05) is 64.7 Å². The van der Waals surface area contributed by atoms with Gasteiger partial charge >= 0.3 is 0 Å². The number of hydrogen-bond donors (Lipinski definition) is 0. The summed E-state index contributed by atoms with van der Waals surface area (Å²) in [5.41, 5.74) is 0. The number of hydrogen-bond acceptors (Lipinski definition) is 1. The molecule has 4 nitrogen and oxygen atoms in total. The molecule has 0 bridgehead atoms. The Labute approximate surface area is 146 Å². The highest BCUT2D eigenvalue weighted by molar-refractivity contribution is 7.59. The Morgan fingerprint density at radius 2 is 0.913 bits per heavy atom. The van der Waals surface area contributed by atoms with Crippen molar-refractivity contribution in [3.63, 3.8) is 0 Å². The van der Waals surface area contributed by atoms with Crippen LogP contribution in [0.25, 0.3) is 0 Å². The summed E-state index contributed by atoms with van der Waals surface area (Å²) in [7, 11) is 11.2. The zero-order valence-electron chi connectivity index (χ0n) is 17.0. The van der Waals surface area contributed by atoms with Gasteiger partial charge in [0.1, 0.15) is 0 Å². The summed E-state index contributed by atoms with van der Waals surface area (Å²) in [6, 6.07) is 0. The van der Waals surface area contributed by atoms with Gasteiger partial charge in [0.15, 0.2) is 7.51 Å². The van der Waals surface area contributed by atoms with E-state index < -0.39 is 7.51 Å². The molecule has 23 heavy (non-hydrogen) atoms. The fourth-order valence-corrected chi connectivity index (χ4v) is 6.57. The fourth-order valence-electron chi connectivity index (χ4n) is 3.26. The van der Waals surface area contributed by atoms with E-state index in [2.05, 4.69) is 63.2 Å². The van der Waals surface area contributed by atoms with Gasteiger partial charge in [0, 0.05) is 6.54 Å². The van der Waals surface area contributed by atoms with E-state index in [0.717, 1.165) is 6.54 Å². The van der Waals surface area contributed by atoms with Gasteiger partial charge in [-0.05, 0) is 48.7 Å². The first-order valence-corrected chi connectivity index (χ1v) is 11.1. The minimum absolute atomic E-state index is 0.985. The molecule has 0 saturated heterocycles. The minimum atomic E-state index is -1.66. The van der Waals surface area contributed by atoms with Crippen LogP contribution in [0.4, 0.5) is 0 Å². The van der Waals surface area contributed by atoms with Crippen LogP contribution < -0.4 is 0 Å². The van der Waals surface area contributed by atoms with Gasteiger partial charge in [-0.3, -0.25) is 18.8 Å². The van der Waals surface area contributed by atoms with Gasteiger partial charge in [-0.15, -0.1) is 0 Å². The van der Waals surface area contributed by atoms with Gasteiger partial charge in [0.2, 0.25) is 0 Å². The molecule has 0 aromatic heterocycles. The van der Waals surface area contributed by atoms with Crippen molar-refractivity contribution < 1.29 is 0 Å². The molecule has 0 unspecified atom stereocenters. The lowest BCUT2D eigenvalue weighted by molar-refractivity contribution is 0.469. The van der Waals surface area contributed by atoms with Crippen molar-refractivity contribution in [1.82, 2.24) is 14.0 Å². The Hall–Kier alpha value is 0.110. The molecule has 0 N–H and O–H groups in total. The van der Waals surface area contributed by atoms with Crippen LogP contribution in [0.15, 0.2) is 4.74 Å². The smallest absolute Gasteiger partial charge is 0.166 e. The van der Waals surface area contributed by atoms with E-state index in [4.69, 9.17) is 4.74 Å². The van der Waals surface area contributed by atoms with Gasteiger partial charge in [0.25, 0.3) is 0 Å². The molecule has 0 rings (SSSR count). The Balaban J connectivity index is 3.98. The SMILES string of the molecule is CCCCCCCCCCCCN=P(N(C)C)(N(C)C)N(C)C. The molecule has 0 saturated carbocycles. The van der Waals surface area contributed by atoms with Crippen LogP contribution >= 0.6 is 7.51 Å². The first-order chi connectivity index (χ1) is 10.9. The van der Waals surface area contributed by atoms with Gasteiger partial charge in [-0.2, -0.15) is 0 Å². The number of nitrogens with zero attached hydrogens (tertiary/aromatic N) is 4. The zero-order valence-corrected chi connectivity index (χ0v) is 17.9. The first-order valence-electron chi connectivity index (χ1n) is 9.51. The van der Waals surface area contributed by atoms with E-state index >= 15 is 0 Å². The maximum atomic E-state index is 5.11. The highest BCUT2D eigenvalue weighted by atomic mass is 31.2. The zero-order chi connectivity index (χ0) is 17.7. The molecule has 0 radical (unpaired) electrons. The molecule has 0 amide bonds. The van der Waals surface area contributed by atoms with E-state index in [1.54, 1.807) is 0 Å². The van der Waals surface area contributed by atoms with Gasteiger partial charge < -0.3 is 0 Å². The number of unbranched alkanes of at least 4 members (excludes halogenated alkanes) is 9. The predicted molar refractivity (Wildman–Crippen MR) is 107 cm³/mol. The molecule has 140 valence electrons. The Morgan fingerprint density at radius 3 is 1.26 bits per heavy atom. The summed E-state index contributed by atoms with van der Waals surface area (Å²) in [6.07, 6.45) is 13.8. The van der Waals surface area contributed by atoms with Crippen molar-refractivity contribution in [2.24, 2.45) is 4.74 Å². The molecule has 0 aliphatic rings. The fraction of sp³-hybridized carbons (Fsp3) is 1.00. The van der Waals surface area contributed by atoms with Crippen molar-refractivity contribution >= 4 is 7.51 Å². The molecular formula is C18H43N4P. The molecule has 5 heteroatoms. The molecular weight excluding hydrogens is 303 g/mol. The molecule has 0 aromatic carbocycles. The van der Waals surface area contributed by atoms with Crippen molar-refractivity contribution in [3.05, 3.63) is 0 Å². The largest absolute Gasteiger partial charge is 0.261 e. The monoisotopic (exact) mass is 346 g/mol. The summed E-state index contributed by atoms with van der Waals surface area (Å²) in [5.74, 6) is 0. The first kappa shape index (κ1) is 23.1. The van der Waals surface area contributed by atoms with Crippen LogP contribution in [0.5, 0.6) is 0 Å². The number of rotatable bonds is 14. The summed E-state index contributed by atoms with van der Waals surface area (Å²) in [4.78, 5) is 0. The average molecular weight is 347 g/mol. The third-order valence-electron chi connectivity index (χ3n) is 4.41. The maximum absolute atomic E-state index is 5.11. The van der Waals surface area contributed by atoms with E-state index in [-0.39, 0.29) is 0 Å². The van der Waals surface area contributed by atoms with Crippen molar-refractivity contribution in [3.8, 4) is 0 Å². The lowest BCUT2D eigenvalue weighted by Gasteiger charge is -2.41. The van der Waals surface area contributed by atoms with E-state index in [1.807, 2.05) is 0 Å². The topological polar surface area (TPSA) is 22.1 Å². The van der Waals surface area contributed by atoms with Crippen molar-refractivity contribution in [2.45, 2.75) is 71.1 Å². The minimum Gasteiger partial charge on any atom is -0.261 e. The Kier molecular flexibility index (Phi) is 13.5. The second-order valence-corrected chi connectivity index (χ2v) is 10.9. The highest BCUT2D eigenvalue weighted by Gasteiger charge is 2.27. The quantitative estimate of drug-likeness (QED) is 0.304. The predicted octanol–water partition coefficient (Wildman–Crippen LogP) is 5.54. The third kappa shape index (κ3) is 8.67. The molecule has 0 aliphatic carbocycles. The molecule has 0 atom stereocenters. The standard InChI is InChI=1S/C18H43N4P/c1-8-9-10-11-12-13-14-15-16-17-18-19-23(20(2)3,21(4)5)22(6)7/h8-18H2,1-7H3. The summed E-state index contributed by atoms with van der Waals surface area (Å²) in [5, 5.41) is 0. The lowest BCUT2D eigenvalue weighted by Crippen LogP contribution is -2.30. The maximum Gasteiger partial charge on any atom is 0.166 e. The van der Waals surface area contributed by atoms with E-state index in [1.165, 1.54) is 64.2 Å². The van der Waals surface area contributed by atoms with Crippen LogP contribution in [0.2, 0.25) is 0 Å². The second kappa shape index (κ2) is 13.4. The summed E-state index contributed by atoms with van der Waals surface area (Å²) < 4.78 is 12.0. The van der Waals surface area contributed by atoms with E-state index in [9.17, 15) is 0 Å². The summed E-state index contributed by atoms with van der Waals surface area (Å²) in [6.45, 7) is 3.27. The van der Waals surface area contributed by atoms with Crippen LogP contribution in [-0.2, 0) is 0 Å². The van der Waals surface area contributed by atoms with Crippen LogP contribution in [0, 0.1) is 0 Å². The van der Waals surface area contributed by atoms with Crippen LogP contribution in [-0.4, -0.2) is 62.8 Å². The van der Waals surface area contributed by atoms with Gasteiger partial charge in [-0.25, -0.2) is 0 Å². The molecule has 0 aromatic rings. The van der Waals surface area contributed by atoms with Crippen LogP contribution in [0.1, 0.15) is 71.1 Å². The Morgan fingerprint density at radius 1 is 0.565 bits per heavy atom. The molecule has 0 heterocycles. The van der Waals surface area contributed by atoms with E-state index in [0.29, 0.717) is 0 Å².